The fourth-order valence-electron chi connectivity index (χ4n) is 2.95. The molecule has 5 nitrogen and oxygen atoms in total. The van der Waals surface area contributed by atoms with Crippen molar-refractivity contribution in [2.24, 2.45) is 11.7 Å². The Hall–Kier alpha value is -1.59. The van der Waals surface area contributed by atoms with Crippen molar-refractivity contribution in [2.45, 2.75) is 51.6 Å². The fraction of sp³-hybridized carbons (Fsp3) is 0.529. The summed E-state index contributed by atoms with van der Waals surface area (Å²) in [5.74, 6) is -0.198. The molecule has 2 rings (SSSR count). The molecule has 6 heteroatoms. The summed E-state index contributed by atoms with van der Waals surface area (Å²) in [5, 5.41) is 5.69. The van der Waals surface area contributed by atoms with Crippen molar-refractivity contribution in [1.29, 1.82) is 0 Å². The maximum absolute atomic E-state index is 12.4. The van der Waals surface area contributed by atoms with Crippen LogP contribution in [0.4, 0.5) is 5.69 Å². The highest BCUT2D eigenvalue weighted by Gasteiger charge is 2.37. The minimum absolute atomic E-state index is 0. The highest BCUT2D eigenvalue weighted by Crippen LogP contribution is 2.32. The number of anilines is 1. The third-order valence-corrected chi connectivity index (χ3v) is 4.33. The van der Waals surface area contributed by atoms with Crippen molar-refractivity contribution >= 4 is 29.9 Å². The number of carbonyl (C=O) groups is 2. The summed E-state index contributed by atoms with van der Waals surface area (Å²) in [6.45, 7) is 3.95. The molecule has 1 saturated carbocycles. The first-order valence-corrected chi connectivity index (χ1v) is 7.81. The molecule has 0 spiro atoms. The van der Waals surface area contributed by atoms with Gasteiger partial charge in [0, 0.05) is 24.7 Å². The smallest absolute Gasteiger partial charge is 0.229 e. The van der Waals surface area contributed by atoms with Gasteiger partial charge in [-0.25, -0.2) is 0 Å². The molecule has 1 aliphatic carbocycles. The second-order valence-corrected chi connectivity index (χ2v) is 6.40. The van der Waals surface area contributed by atoms with E-state index in [-0.39, 0.29) is 30.1 Å². The van der Waals surface area contributed by atoms with Crippen molar-refractivity contribution < 1.29 is 9.59 Å². The number of nitrogens with one attached hydrogen (secondary N) is 2. The van der Waals surface area contributed by atoms with E-state index >= 15 is 0 Å². The van der Waals surface area contributed by atoms with Crippen molar-refractivity contribution in [3.63, 3.8) is 0 Å². The van der Waals surface area contributed by atoms with Crippen LogP contribution in [0.5, 0.6) is 0 Å². The van der Waals surface area contributed by atoms with Gasteiger partial charge < -0.3 is 16.4 Å². The minimum atomic E-state index is -0.423. The molecule has 2 atom stereocenters. The molecule has 1 aliphatic rings. The molecular weight excluding hydrogens is 314 g/mol. The van der Waals surface area contributed by atoms with Crippen LogP contribution in [0.25, 0.3) is 0 Å². The molecule has 2 unspecified atom stereocenters. The van der Waals surface area contributed by atoms with Gasteiger partial charge in [0.2, 0.25) is 11.8 Å². The van der Waals surface area contributed by atoms with Crippen molar-refractivity contribution in [1.82, 2.24) is 5.32 Å². The normalized spacial score (nSPS) is 23.5. The number of nitrogens with two attached hydrogens (primary N) is 1. The molecule has 0 saturated heterocycles. The van der Waals surface area contributed by atoms with Crippen LogP contribution in [0.2, 0.25) is 0 Å². The highest BCUT2D eigenvalue weighted by atomic mass is 35.5. The Balaban J connectivity index is 0.00000264. The Bertz CT molecular complexity index is 543. The molecule has 128 valence electrons. The first-order valence-electron chi connectivity index (χ1n) is 7.81. The van der Waals surface area contributed by atoms with Gasteiger partial charge in [-0.15, -0.1) is 12.4 Å². The van der Waals surface area contributed by atoms with E-state index in [0.29, 0.717) is 6.54 Å². The van der Waals surface area contributed by atoms with E-state index in [1.165, 1.54) is 6.92 Å². The predicted molar refractivity (Wildman–Crippen MR) is 94.4 cm³/mol. The summed E-state index contributed by atoms with van der Waals surface area (Å²) < 4.78 is 0. The third kappa shape index (κ3) is 5.52. The summed E-state index contributed by atoms with van der Waals surface area (Å²) in [6, 6.07) is 7.50. The number of halogens is 1. The molecule has 0 bridgehead atoms. The fourth-order valence-corrected chi connectivity index (χ4v) is 2.95. The predicted octanol–water partition coefficient (Wildman–Crippen LogP) is 2.59. The molecule has 1 aromatic rings. The lowest BCUT2D eigenvalue weighted by atomic mass is 9.74. The number of benzene rings is 1. The topological polar surface area (TPSA) is 84.2 Å². The van der Waals surface area contributed by atoms with Gasteiger partial charge in [-0.2, -0.15) is 0 Å². The van der Waals surface area contributed by atoms with Crippen LogP contribution in [-0.4, -0.2) is 17.4 Å². The average molecular weight is 340 g/mol. The van der Waals surface area contributed by atoms with E-state index in [1.54, 1.807) is 0 Å². The molecule has 0 aliphatic heterocycles. The minimum Gasteiger partial charge on any atom is -0.352 e. The number of carbonyl (C=O) groups excluding carboxylic acids is 2. The van der Waals surface area contributed by atoms with Crippen LogP contribution < -0.4 is 16.4 Å². The lowest BCUT2D eigenvalue weighted by Gasteiger charge is -2.37. The summed E-state index contributed by atoms with van der Waals surface area (Å²) >= 11 is 0. The third-order valence-electron chi connectivity index (χ3n) is 4.33. The van der Waals surface area contributed by atoms with E-state index in [4.69, 9.17) is 5.73 Å². The Labute approximate surface area is 143 Å². The molecular formula is C17H26ClN3O2. The molecule has 4 N–H and O–H groups in total. The zero-order chi connectivity index (χ0) is 16.2. The summed E-state index contributed by atoms with van der Waals surface area (Å²) in [7, 11) is 0. The van der Waals surface area contributed by atoms with Gasteiger partial charge in [0.05, 0.1) is 5.92 Å². The highest BCUT2D eigenvalue weighted by molar-refractivity contribution is 5.93. The van der Waals surface area contributed by atoms with Crippen molar-refractivity contribution in [3.05, 3.63) is 29.8 Å². The van der Waals surface area contributed by atoms with Crippen LogP contribution in [0.1, 0.15) is 45.1 Å². The lowest BCUT2D eigenvalue weighted by Crippen LogP contribution is -2.51. The molecule has 23 heavy (non-hydrogen) atoms. The Morgan fingerprint density at radius 3 is 2.48 bits per heavy atom. The maximum Gasteiger partial charge on any atom is 0.229 e. The molecule has 1 aromatic carbocycles. The number of hydrogen-bond donors (Lipinski definition) is 3. The summed E-state index contributed by atoms with van der Waals surface area (Å²) in [5.41, 5.74) is 7.60. The van der Waals surface area contributed by atoms with Gasteiger partial charge in [-0.05, 0) is 37.5 Å². The van der Waals surface area contributed by atoms with Crippen molar-refractivity contribution in [2.75, 3.05) is 5.32 Å². The molecule has 0 aromatic heterocycles. The second-order valence-electron chi connectivity index (χ2n) is 6.40. The largest absolute Gasteiger partial charge is 0.352 e. The standard InChI is InChI=1S/C17H25N3O2.ClH/c1-12(21)19-11-13-6-8-14(9-7-13)20-16(22)15-5-3-4-10-17(15,2)18;/h6-9,15H,3-5,10-11,18H2,1-2H3,(H,19,21)(H,20,22);1H. The van der Waals surface area contributed by atoms with E-state index in [1.807, 2.05) is 31.2 Å². The van der Waals surface area contributed by atoms with Gasteiger partial charge >= 0.3 is 0 Å². The Kier molecular flexibility index (Phi) is 7.03. The van der Waals surface area contributed by atoms with Crippen LogP contribution in [-0.2, 0) is 16.1 Å². The van der Waals surface area contributed by atoms with Crippen LogP contribution in [0.3, 0.4) is 0 Å². The summed E-state index contributed by atoms with van der Waals surface area (Å²) in [6.07, 6.45) is 3.88. The Morgan fingerprint density at radius 2 is 1.91 bits per heavy atom. The Morgan fingerprint density at radius 1 is 1.26 bits per heavy atom. The van der Waals surface area contributed by atoms with Crippen LogP contribution in [0.15, 0.2) is 24.3 Å². The zero-order valence-corrected chi connectivity index (χ0v) is 14.5. The van der Waals surface area contributed by atoms with Crippen molar-refractivity contribution in [3.8, 4) is 0 Å². The van der Waals surface area contributed by atoms with Gasteiger partial charge in [0.15, 0.2) is 0 Å². The lowest BCUT2D eigenvalue weighted by molar-refractivity contribution is -0.123. The average Bonchev–Trinajstić information content (AvgIpc) is 2.46. The number of rotatable bonds is 4. The van der Waals surface area contributed by atoms with E-state index in [0.717, 1.165) is 36.9 Å². The number of amides is 2. The van der Waals surface area contributed by atoms with E-state index in [9.17, 15) is 9.59 Å². The van der Waals surface area contributed by atoms with Gasteiger partial charge in [-0.1, -0.05) is 25.0 Å². The molecule has 0 radical (unpaired) electrons. The molecule has 0 heterocycles. The van der Waals surface area contributed by atoms with Gasteiger partial charge in [0.1, 0.15) is 0 Å². The van der Waals surface area contributed by atoms with Gasteiger partial charge in [-0.3, -0.25) is 9.59 Å². The van der Waals surface area contributed by atoms with Crippen LogP contribution in [0, 0.1) is 5.92 Å². The monoisotopic (exact) mass is 339 g/mol. The molecule has 2 amide bonds. The van der Waals surface area contributed by atoms with E-state index < -0.39 is 5.54 Å². The maximum atomic E-state index is 12.4. The first kappa shape index (κ1) is 19.5. The van der Waals surface area contributed by atoms with E-state index in [2.05, 4.69) is 10.6 Å². The SMILES string of the molecule is CC(=O)NCc1ccc(NC(=O)C2CCCCC2(C)N)cc1.Cl. The quantitative estimate of drug-likeness (QED) is 0.788. The van der Waals surface area contributed by atoms with Crippen LogP contribution >= 0.6 is 12.4 Å². The molecule has 1 fully saturated rings. The summed E-state index contributed by atoms with van der Waals surface area (Å²) in [4.78, 5) is 23.3. The zero-order valence-electron chi connectivity index (χ0n) is 13.7. The first-order chi connectivity index (χ1) is 10.4. The number of hydrogen-bond acceptors (Lipinski definition) is 3. The second kappa shape index (κ2) is 8.31. The van der Waals surface area contributed by atoms with Gasteiger partial charge in [0.25, 0.3) is 0 Å².